The van der Waals surface area contributed by atoms with Gasteiger partial charge in [0.25, 0.3) is 11.8 Å². The lowest BCUT2D eigenvalue weighted by atomic mass is 10.2. The molecule has 0 radical (unpaired) electrons. The summed E-state index contributed by atoms with van der Waals surface area (Å²) in [5.41, 5.74) is 4.07. The van der Waals surface area contributed by atoms with E-state index < -0.39 is 0 Å². The second-order valence-electron chi connectivity index (χ2n) is 8.65. The van der Waals surface area contributed by atoms with Crippen LogP contribution in [0.2, 0.25) is 0 Å². The van der Waals surface area contributed by atoms with E-state index in [9.17, 15) is 9.59 Å². The Morgan fingerprint density at radius 3 is 1.97 bits per heavy atom. The van der Waals surface area contributed by atoms with E-state index >= 15 is 0 Å². The highest BCUT2D eigenvalue weighted by molar-refractivity contribution is 7.19. The van der Waals surface area contributed by atoms with Gasteiger partial charge < -0.3 is 20.1 Å². The van der Waals surface area contributed by atoms with E-state index in [-0.39, 0.29) is 11.8 Å². The zero-order valence-corrected chi connectivity index (χ0v) is 22.7. The molecule has 0 spiro atoms. The van der Waals surface area contributed by atoms with Gasteiger partial charge in [0.15, 0.2) is 4.96 Å². The third-order valence-electron chi connectivity index (χ3n) is 6.05. The summed E-state index contributed by atoms with van der Waals surface area (Å²) in [6, 6.07) is 22.2. The van der Waals surface area contributed by atoms with Crippen molar-refractivity contribution in [1.29, 1.82) is 0 Å². The van der Waals surface area contributed by atoms with Crippen LogP contribution in [0, 0.1) is 6.92 Å². The lowest BCUT2D eigenvalue weighted by Crippen LogP contribution is -2.15. The standard InChI is InChI=1S/C30H28N4O4S/c1-4-37-25-17-23(26(38-5-2)16-22(25)31-28(35)21-14-10-7-11-15-21)32-29(36)27-19(3)34-18-24(33-30(34)39-27)20-12-8-6-9-13-20/h6-18H,4-5H2,1-3H3,(H,31,35)(H,32,36). The number of carbonyl (C=O) groups excluding carboxylic acids is 2. The molecular weight excluding hydrogens is 512 g/mol. The van der Waals surface area contributed by atoms with Crippen molar-refractivity contribution in [2.45, 2.75) is 20.8 Å². The minimum absolute atomic E-state index is 0.275. The number of aryl methyl sites for hydroxylation is 1. The van der Waals surface area contributed by atoms with E-state index in [0.717, 1.165) is 21.9 Å². The van der Waals surface area contributed by atoms with E-state index in [1.54, 1.807) is 36.4 Å². The van der Waals surface area contributed by atoms with Crippen LogP contribution in [0.3, 0.4) is 0 Å². The number of nitrogens with zero attached hydrogens (tertiary/aromatic N) is 2. The summed E-state index contributed by atoms with van der Waals surface area (Å²) < 4.78 is 13.6. The molecule has 8 nitrogen and oxygen atoms in total. The van der Waals surface area contributed by atoms with Crippen LogP contribution in [0.25, 0.3) is 16.2 Å². The molecule has 0 aliphatic carbocycles. The molecule has 39 heavy (non-hydrogen) atoms. The number of fused-ring (bicyclic) bond motifs is 1. The van der Waals surface area contributed by atoms with Gasteiger partial charge in [0.1, 0.15) is 16.4 Å². The van der Waals surface area contributed by atoms with Crippen molar-refractivity contribution < 1.29 is 19.1 Å². The van der Waals surface area contributed by atoms with Crippen molar-refractivity contribution in [3.8, 4) is 22.8 Å². The van der Waals surface area contributed by atoms with Crippen LogP contribution in [0.5, 0.6) is 11.5 Å². The Labute approximate surface area is 230 Å². The number of carbonyl (C=O) groups is 2. The Morgan fingerprint density at radius 1 is 0.846 bits per heavy atom. The second-order valence-corrected chi connectivity index (χ2v) is 9.62. The minimum atomic E-state index is -0.284. The van der Waals surface area contributed by atoms with Gasteiger partial charge in [-0.3, -0.25) is 14.0 Å². The van der Waals surface area contributed by atoms with Crippen molar-refractivity contribution >= 4 is 39.5 Å². The first-order valence-electron chi connectivity index (χ1n) is 12.6. The molecule has 3 aromatic carbocycles. The predicted octanol–water partition coefficient (Wildman–Crippen LogP) is 6.67. The number of imidazole rings is 1. The summed E-state index contributed by atoms with van der Waals surface area (Å²) in [6.07, 6.45) is 1.94. The fraction of sp³-hybridized carbons (Fsp3) is 0.167. The maximum absolute atomic E-state index is 13.4. The molecule has 0 fully saturated rings. The summed E-state index contributed by atoms with van der Waals surface area (Å²) in [7, 11) is 0. The van der Waals surface area contributed by atoms with Crippen molar-refractivity contribution in [2.75, 3.05) is 23.8 Å². The van der Waals surface area contributed by atoms with Gasteiger partial charge >= 0.3 is 0 Å². The van der Waals surface area contributed by atoms with E-state index in [4.69, 9.17) is 14.5 Å². The second kappa shape index (κ2) is 11.4. The Morgan fingerprint density at radius 2 is 1.41 bits per heavy atom. The van der Waals surface area contributed by atoms with Crippen LogP contribution in [0.15, 0.2) is 79.0 Å². The van der Waals surface area contributed by atoms with E-state index in [1.165, 1.54) is 11.3 Å². The van der Waals surface area contributed by atoms with E-state index in [2.05, 4.69) is 10.6 Å². The Bertz CT molecular complexity index is 1630. The fourth-order valence-electron chi connectivity index (χ4n) is 4.18. The van der Waals surface area contributed by atoms with Crippen molar-refractivity contribution in [3.63, 3.8) is 0 Å². The number of hydrogen-bond donors (Lipinski definition) is 2. The smallest absolute Gasteiger partial charge is 0.267 e. The number of nitrogens with one attached hydrogen (secondary N) is 2. The molecule has 0 bridgehead atoms. The SMILES string of the molecule is CCOc1cc(NC(=O)c2sc3nc(-c4ccccc4)cn3c2C)c(OCC)cc1NC(=O)c1ccccc1. The summed E-state index contributed by atoms with van der Waals surface area (Å²) in [6.45, 7) is 6.35. The highest BCUT2D eigenvalue weighted by Gasteiger charge is 2.21. The van der Waals surface area contributed by atoms with Gasteiger partial charge in [-0.2, -0.15) is 0 Å². The molecule has 0 aliphatic rings. The third kappa shape index (κ3) is 5.49. The van der Waals surface area contributed by atoms with Gasteiger partial charge in [-0.1, -0.05) is 59.9 Å². The first-order valence-corrected chi connectivity index (χ1v) is 13.5. The highest BCUT2D eigenvalue weighted by atomic mass is 32.1. The lowest BCUT2D eigenvalue weighted by molar-refractivity contribution is 0.101. The summed E-state index contributed by atoms with van der Waals surface area (Å²) in [4.78, 5) is 32.2. The molecule has 2 aromatic heterocycles. The molecule has 0 atom stereocenters. The van der Waals surface area contributed by atoms with E-state index in [0.29, 0.717) is 46.5 Å². The van der Waals surface area contributed by atoms with Crippen molar-refractivity contribution in [2.24, 2.45) is 0 Å². The first kappa shape index (κ1) is 26.0. The molecule has 198 valence electrons. The number of thiazole rings is 1. The van der Waals surface area contributed by atoms with Gasteiger partial charge in [-0.15, -0.1) is 0 Å². The maximum Gasteiger partial charge on any atom is 0.267 e. The first-order chi connectivity index (χ1) is 19.0. The van der Waals surface area contributed by atoms with Crippen LogP contribution >= 0.6 is 11.3 Å². The molecule has 0 unspecified atom stereocenters. The zero-order valence-electron chi connectivity index (χ0n) is 21.9. The molecule has 2 N–H and O–H groups in total. The molecule has 0 aliphatic heterocycles. The predicted molar refractivity (Wildman–Crippen MR) is 154 cm³/mol. The average molecular weight is 541 g/mol. The molecule has 2 heterocycles. The summed E-state index contributed by atoms with van der Waals surface area (Å²) >= 11 is 1.32. The summed E-state index contributed by atoms with van der Waals surface area (Å²) in [5, 5.41) is 5.87. The Hall–Kier alpha value is -4.63. The van der Waals surface area contributed by atoms with Crippen molar-refractivity contribution in [3.05, 3.63) is 95.1 Å². The van der Waals surface area contributed by atoms with Crippen LogP contribution < -0.4 is 20.1 Å². The zero-order chi connectivity index (χ0) is 27.4. The number of amides is 2. The Balaban J connectivity index is 1.43. The van der Waals surface area contributed by atoms with Gasteiger partial charge in [0.05, 0.1) is 30.3 Å². The maximum atomic E-state index is 13.4. The monoisotopic (exact) mass is 540 g/mol. The molecule has 5 rings (SSSR count). The normalized spacial score (nSPS) is 10.8. The molecular formula is C30H28N4O4S. The quantitative estimate of drug-likeness (QED) is 0.218. The summed E-state index contributed by atoms with van der Waals surface area (Å²) in [5.74, 6) is 0.283. The number of rotatable bonds is 9. The average Bonchev–Trinajstić information content (AvgIpc) is 3.51. The molecule has 0 saturated carbocycles. The number of benzene rings is 3. The lowest BCUT2D eigenvalue weighted by Gasteiger charge is -2.18. The van der Waals surface area contributed by atoms with Crippen LogP contribution in [-0.2, 0) is 0 Å². The van der Waals surface area contributed by atoms with Gasteiger partial charge in [0, 0.05) is 35.2 Å². The fourth-order valence-corrected chi connectivity index (χ4v) is 5.18. The topological polar surface area (TPSA) is 94.0 Å². The number of hydrogen-bond acceptors (Lipinski definition) is 6. The van der Waals surface area contributed by atoms with Gasteiger partial charge in [-0.05, 0) is 32.9 Å². The van der Waals surface area contributed by atoms with Crippen LogP contribution in [0.1, 0.15) is 39.6 Å². The van der Waals surface area contributed by atoms with Crippen molar-refractivity contribution in [1.82, 2.24) is 9.38 Å². The van der Waals surface area contributed by atoms with Gasteiger partial charge in [0.2, 0.25) is 0 Å². The number of anilines is 2. The van der Waals surface area contributed by atoms with Crippen LogP contribution in [0.4, 0.5) is 11.4 Å². The third-order valence-corrected chi connectivity index (χ3v) is 7.20. The van der Waals surface area contributed by atoms with E-state index in [1.807, 2.05) is 67.8 Å². The minimum Gasteiger partial charge on any atom is -0.492 e. The molecule has 0 saturated heterocycles. The molecule has 5 aromatic rings. The number of ether oxygens (including phenoxy) is 2. The van der Waals surface area contributed by atoms with Crippen LogP contribution in [-0.4, -0.2) is 34.4 Å². The highest BCUT2D eigenvalue weighted by Crippen LogP contribution is 2.38. The largest absolute Gasteiger partial charge is 0.492 e. The number of aromatic nitrogens is 2. The Kier molecular flexibility index (Phi) is 7.60. The van der Waals surface area contributed by atoms with Gasteiger partial charge in [-0.25, -0.2) is 4.98 Å². The molecule has 9 heteroatoms. The molecule has 2 amide bonds.